The molecule has 18 heavy (non-hydrogen) atoms. The smallest absolute Gasteiger partial charge is 0.306 e. The number of hydrogen-bond donors (Lipinski definition) is 1. The molecule has 1 rings (SSSR count). The normalized spacial score (nSPS) is 28.1. The van der Waals surface area contributed by atoms with Crippen LogP contribution in [0.2, 0.25) is 0 Å². The Labute approximate surface area is 109 Å². The van der Waals surface area contributed by atoms with Gasteiger partial charge in [-0.2, -0.15) is 0 Å². The zero-order valence-electron chi connectivity index (χ0n) is 11.6. The molecule has 3 atom stereocenters. The number of carbonyl (C=O) groups is 2. The van der Waals surface area contributed by atoms with Crippen molar-refractivity contribution in [2.45, 2.75) is 59.0 Å². The fraction of sp³-hybridized carbons (Fsp3) is 0.857. The number of hydrogen-bond acceptors (Lipinski definition) is 3. The third kappa shape index (κ3) is 4.67. The summed E-state index contributed by atoms with van der Waals surface area (Å²) in [6.45, 7) is 6.54. The minimum absolute atomic E-state index is 0.00845. The van der Waals surface area contributed by atoms with Gasteiger partial charge in [0.1, 0.15) is 6.10 Å². The van der Waals surface area contributed by atoms with Gasteiger partial charge < -0.3 is 10.5 Å². The van der Waals surface area contributed by atoms with Gasteiger partial charge in [-0.05, 0) is 30.6 Å². The fourth-order valence-corrected chi connectivity index (χ4v) is 2.70. The summed E-state index contributed by atoms with van der Waals surface area (Å²) >= 11 is 0. The second kappa shape index (κ2) is 6.76. The van der Waals surface area contributed by atoms with E-state index in [1.165, 1.54) is 6.42 Å². The first-order valence-corrected chi connectivity index (χ1v) is 6.88. The Morgan fingerprint density at radius 2 is 1.94 bits per heavy atom. The Kier molecular flexibility index (Phi) is 5.63. The summed E-state index contributed by atoms with van der Waals surface area (Å²) < 4.78 is 5.54. The molecule has 4 nitrogen and oxygen atoms in total. The van der Waals surface area contributed by atoms with Crippen molar-refractivity contribution in [3.63, 3.8) is 0 Å². The van der Waals surface area contributed by atoms with E-state index in [2.05, 4.69) is 20.8 Å². The van der Waals surface area contributed by atoms with Gasteiger partial charge in [0.25, 0.3) is 0 Å². The lowest BCUT2D eigenvalue weighted by Crippen LogP contribution is -2.36. The largest absolute Gasteiger partial charge is 0.462 e. The molecule has 0 aliphatic heterocycles. The number of amides is 1. The highest BCUT2D eigenvalue weighted by Crippen LogP contribution is 2.35. The predicted molar refractivity (Wildman–Crippen MR) is 69.7 cm³/mol. The second-order valence-corrected chi connectivity index (χ2v) is 5.82. The lowest BCUT2D eigenvalue weighted by atomic mass is 9.75. The predicted octanol–water partition coefficient (Wildman–Crippen LogP) is 2.26. The molecule has 1 saturated carbocycles. The van der Waals surface area contributed by atoms with Gasteiger partial charge in [-0.25, -0.2) is 0 Å². The molecule has 0 spiro atoms. The van der Waals surface area contributed by atoms with Crippen molar-refractivity contribution < 1.29 is 14.3 Å². The van der Waals surface area contributed by atoms with Crippen molar-refractivity contribution in [2.24, 2.45) is 23.5 Å². The molecule has 104 valence electrons. The van der Waals surface area contributed by atoms with Gasteiger partial charge in [0, 0.05) is 6.42 Å². The number of rotatable bonds is 5. The molecule has 0 aromatic heterocycles. The summed E-state index contributed by atoms with van der Waals surface area (Å²) in [7, 11) is 0. The van der Waals surface area contributed by atoms with Crippen molar-refractivity contribution in [1.82, 2.24) is 0 Å². The summed E-state index contributed by atoms with van der Waals surface area (Å²) in [5, 5.41) is 0. The van der Waals surface area contributed by atoms with E-state index < -0.39 is 5.91 Å². The van der Waals surface area contributed by atoms with E-state index in [1.54, 1.807) is 0 Å². The SMILES string of the molecule is CC(C)[C@@H]1CC[C@@H](C)C[C@H]1OC(=O)CCC(N)=O. The first-order valence-electron chi connectivity index (χ1n) is 6.88. The molecule has 0 bridgehead atoms. The van der Waals surface area contributed by atoms with Crippen LogP contribution in [0, 0.1) is 17.8 Å². The zero-order chi connectivity index (χ0) is 13.7. The maximum Gasteiger partial charge on any atom is 0.306 e. The molecule has 0 saturated heterocycles. The average Bonchev–Trinajstić information content (AvgIpc) is 2.26. The quantitative estimate of drug-likeness (QED) is 0.766. The summed E-state index contributed by atoms with van der Waals surface area (Å²) in [4.78, 5) is 22.3. The van der Waals surface area contributed by atoms with Crippen LogP contribution in [0.15, 0.2) is 0 Å². The molecule has 1 aliphatic carbocycles. The first kappa shape index (κ1) is 15.0. The Hall–Kier alpha value is -1.06. The highest BCUT2D eigenvalue weighted by molar-refractivity contribution is 5.80. The molecule has 0 heterocycles. The highest BCUT2D eigenvalue weighted by atomic mass is 16.5. The van der Waals surface area contributed by atoms with Crippen molar-refractivity contribution in [3.05, 3.63) is 0 Å². The Morgan fingerprint density at radius 1 is 1.28 bits per heavy atom. The van der Waals surface area contributed by atoms with Crippen molar-refractivity contribution in [2.75, 3.05) is 0 Å². The standard InChI is InChI=1S/C14H25NO3/c1-9(2)11-5-4-10(3)8-12(11)18-14(17)7-6-13(15)16/h9-12H,4-8H2,1-3H3,(H2,15,16)/t10-,11+,12-/m1/s1. The van der Waals surface area contributed by atoms with Crippen molar-refractivity contribution in [1.29, 1.82) is 0 Å². The minimum Gasteiger partial charge on any atom is -0.462 e. The monoisotopic (exact) mass is 255 g/mol. The molecule has 1 amide bonds. The maximum atomic E-state index is 11.7. The average molecular weight is 255 g/mol. The van der Waals surface area contributed by atoms with Crippen molar-refractivity contribution in [3.8, 4) is 0 Å². The second-order valence-electron chi connectivity index (χ2n) is 5.82. The molecule has 1 aliphatic rings. The van der Waals surface area contributed by atoms with Crippen LogP contribution in [0.3, 0.4) is 0 Å². The van der Waals surface area contributed by atoms with Gasteiger partial charge in [0.15, 0.2) is 0 Å². The first-order chi connectivity index (χ1) is 8.40. The molecule has 0 aromatic carbocycles. The lowest BCUT2D eigenvalue weighted by molar-refractivity contribution is -0.156. The highest BCUT2D eigenvalue weighted by Gasteiger charge is 2.33. The number of esters is 1. The van der Waals surface area contributed by atoms with Crippen LogP contribution in [-0.2, 0) is 14.3 Å². The third-order valence-corrected chi connectivity index (χ3v) is 3.82. The van der Waals surface area contributed by atoms with E-state index in [4.69, 9.17) is 10.5 Å². The van der Waals surface area contributed by atoms with Crippen LogP contribution in [0.5, 0.6) is 0 Å². The number of nitrogens with two attached hydrogens (primary N) is 1. The van der Waals surface area contributed by atoms with Crippen LogP contribution in [0.25, 0.3) is 0 Å². The number of carbonyl (C=O) groups excluding carboxylic acids is 2. The van der Waals surface area contributed by atoms with Crippen LogP contribution in [-0.4, -0.2) is 18.0 Å². The number of primary amides is 1. The van der Waals surface area contributed by atoms with E-state index in [1.807, 2.05) is 0 Å². The summed E-state index contributed by atoms with van der Waals surface area (Å²) in [5.74, 6) is 0.821. The van der Waals surface area contributed by atoms with E-state index in [0.717, 1.165) is 12.8 Å². The van der Waals surface area contributed by atoms with Gasteiger partial charge in [-0.3, -0.25) is 9.59 Å². The Morgan fingerprint density at radius 3 is 2.50 bits per heavy atom. The van der Waals surface area contributed by atoms with Gasteiger partial charge >= 0.3 is 5.97 Å². The van der Waals surface area contributed by atoms with Gasteiger partial charge in [-0.1, -0.05) is 27.2 Å². The molecule has 2 N–H and O–H groups in total. The van der Waals surface area contributed by atoms with Gasteiger partial charge in [-0.15, -0.1) is 0 Å². The topological polar surface area (TPSA) is 69.4 Å². The minimum atomic E-state index is -0.454. The van der Waals surface area contributed by atoms with Crippen LogP contribution >= 0.6 is 0 Å². The van der Waals surface area contributed by atoms with E-state index >= 15 is 0 Å². The van der Waals surface area contributed by atoms with Crippen LogP contribution in [0.4, 0.5) is 0 Å². The maximum absolute atomic E-state index is 11.7. The Balaban J connectivity index is 2.49. The lowest BCUT2D eigenvalue weighted by Gasteiger charge is -2.36. The summed E-state index contributed by atoms with van der Waals surface area (Å²) in [6.07, 6.45) is 3.45. The third-order valence-electron chi connectivity index (χ3n) is 3.82. The van der Waals surface area contributed by atoms with Crippen LogP contribution in [0.1, 0.15) is 52.9 Å². The zero-order valence-corrected chi connectivity index (χ0v) is 11.6. The molecular weight excluding hydrogens is 230 g/mol. The molecule has 0 radical (unpaired) electrons. The van der Waals surface area contributed by atoms with E-state index in [-0.39, 0.29) is 24.9 Å². The van der Waals surface area contributed by atoms with E-state index in [0.29, 0.717) is 17.8 Å². The summed E-state index contributed by atoms with van der Waals surface area (Å²) in [5.41, 5.74) is 5.02. The molecular formula is C14H25NO3. The fourth-order valence-electron chi connectivity index (χ4n) is 2.70. The Bertz CT molecular complexity index is 301. The molecule has 0 aromatic rings. The number of ether oxygens (including phenoxy) is 1. The van der Waals surface area contributed by atoms with Crippen LogP contribution < -0.4 is 5.73 Å². The molecule has 1 fully saturated rings. The van der Waals surface area contributed by atoms with Gasteiger partial charge in [0.05, 0.1) is 6.42 Å². The molecule has 0 unspecified atom stereocenters. The van der Waals surface area contributed by atoms with E-state index in [9.17, 15) is 9.59 Å². The van der Waals surface area contributed by atoms with Crippen molar-refractivity contribution >= 4 is 11.9 Å². The summed E-state index contributed by atoms with van der Waals surface area (Å²) in [6, 6.07) is 0. The molecule has 4 heteroatoms. The van der Waals surface area contributed by atoms with Gasteiger partial charge in [0.2, 0.25) is 5.91 Å².